The van der Waals surface area contributed by atoms with Crippen LogP contribution in [0.1, 0.15) is 0 Å². The van der Waals surface area contributed by atoms with Crippen LogP contribution in [0.15, 0.2) is 24.3 Å². The van der Waals surface area contributed by atoms with Crippen LogP contribution in [0.5, 0.6) is 5.75 Å². The lowest BCUT2D eigenvalue weighted by Gasteiger charge is -2.08. The van der Waals surface area contributed by atoms with Crippen LogP contribution in [0.25, 0.3) is 0 Å². The first kappa shape index (κ1) is 16.2. The third kappa shape index (κ3) is 3.35. The number of hydrogen-bond acceptors (Lipinski definition) is 8. The van der Waals surface area contributed by atoms with E-state index in [9.17, 15) is 20.2 Å². The summed E-state index contributed by atoms with van der Waals surface area (Å²) >= 11 is 0. The lowest BCUT2D eigenvalue weighted by Crippen LogP contribution is -2.10. The number of nitrogens with one attached hydrogen (secondary N) is 1. The molecule has 1 aromatic heterocycles. The molecule has 23 heavy (non-hydrogen) atoms. The molecule has 0 amide bonds. The Morgan fingerprint density at radius 3 is 2.65 bits per heavy atom. The molecule has 0 aliphatic rings. The van der Waals surface area contributed by atoms with Crippen molar-refractivity contribution in [2.24, 2.45) is 0 Å². The zero-order chi connectivity index (χ0) is 17.0. The summed E-state index contributed by atoms with van der Waals surface area (Å²) in [6.07, 6.45) is 0. The summed E-state index contributed by atoms with van der Waals surface area (Å²) < 4.78 is 5.99. The fourth-order valence-corrected chi connectivity index (χ4v) is 1.97. The van der Waals surface area contributed by atoms with E-state index in [1.54, 1.807) is 24.3 Å². The molecule has 0 radical (unpaired) electrons. The highest BCUT2D eigenvalue weighted by atomic mass is 16.6. The molecule has 0 spiro atoms. The van der Waals surface area contributed by atoms with Gasteiger partial charge >= 0.3 is 11.8 Å². The number of ether oxygens (including phenoxy) is 1. The van der Waals surface area contributed by atoms with Gasteiger partial charge in [0.15, 0.2) is 0 Å². The zero-order valence-electron chi connectivity index (χ0n) is 12.0. The molecule has 0 aliphatic heterocycles. The second-order valence-electron chi connectivity index (χ2n) is 4.33. The fourth-order valence-electron chi connectivity index (χ4n) is 1.97. The van der Waals surface area contributed by atoms with E-state index < -0.39 is 28.2 Å². The molecule has 1 aromatic carbocycles. The van der Waals surface area contributed by atoms with E-state index in [4.69, 9.17) is 9.84 Å². The highest BCUT2D eigenvalue weighted by Gasteiger charge is 2.31. The normalized spacial score (nSPS) is 10.3. The molecule has 0 saturated carbocycles. The van der Waals surface area contributed by atoms with Crippen LogP contribution in [0, 0.1) is 20.2 Å². The first-order chi connectivity index (χ1) is 11.0. The van der Waals surface area contributed by atoms with Crippen molar-refractivity contribution >= 4 is 23.3 Å². The van der Waals surface area contributed by atoms with Crippen LogP contribution in [-0.2, 0) is 6.54 Å². The van der Waals surface area contributed by atoms with E-state index in [0.717, 1.165) is 4.57 Å². The van der Waals surface area contributed by atoms with Gasteiger partial charge in [-0.3, -0.25) is 0 Å². The Balaban J connectivity index is 2.53. The van der Waals surface area contributed by atoms with E-state index in [1.807, 2.05) is 0 Å². The van der Waals surface area contributed by atoms with Crippen LogP contribution < -0.4 is 10.1 Å². The molecule has 2 aromatic rings. The molecule has 11 nitrogen and oxygen atoms in total. The van der Waals surface area contributed by atoms with E-state index in [-0.39, 0.29) is 12.4 Å². The fraction of sp³-hybridized carbons (Fsp3) is 0.250. The van der Waals surface area contributed by atoms with Crippen molar-refractivity contribution in [3.8, 4) is 5.75 Å². The van der Waals surface area contributed by atoms with Gasteiger partial charge in [-0.05, 0) is 27.0 Å². The summed E-state index contributed by atoms with van der Waals surface area (Å²) in [7, 11) is 1.46. The average Bonchev–Trinajstić information content (AvgIpc) is 2.87. The van der Waals surface area contributed by atoms with Gasteiger partial charge in [0.1, 0.15) is 5.75 Å². The first-order valence-electron chi connectivity index (χ1n) is 6.39. The highest BCUT2D eigenvalue weighted by molar-refractivity contribution is 5.66. The van der Waals surface area contributed by atoms with E-state index in [0.29, 0.717) is 11.4 Å². The number of rotatable bonds is 7. The standard InChI is InChI=1S/C12H13N5O6/c1-23-9-4-2-3-8(7-9)13-10-11(16(19)20)14-12(17(21)22)15(10)5-6-18/h2-4,7,13,18H,5-6H2,1H3. The van der Waals surface area contributed by atoms with Crippen LogP contribution >= 0.6 is 0 Å². The van der Waals surface area contributed by atoms with Gasteiger partial charge in [-0.1, -0.05) is 6.07 Å². The molecular weight excluding hydrogens is 310 g/mol. The van der Waals surface area contributed by atoms with Crippen molar-refractivity contribution in [3.63, 3.8) is 0 Å². The molecule has 0 bridgehead atoms. The summed E-state index contributed by atoms with van der Waals surface area (Å²) in [5.41, 5.74) is 0.418. The second-order valence-corrected chi connectivity index (χ2v) is 4.33. The van der Waals surface area contributed by atoms with Crippen molar-refractivity contribution in [2.45, 2.75) is 6.54 Å². The van der Waals surface area contributed by atoms with Gasteiger partial charge in [0.25, 0.3) is 5.82 Å². The van der Waals surface area contributed by atoms with Crippen LogP contribution in [0.4, 0.5) is 23.3 Å². The number of anilines is 2. The van der Waals surface area contributed by atoms with E-state index >= 15 is 0 Å². The molecule has 0 saturated heterocycles. The summed E-state index contributed by atoms with van der Waals surface area (Å²) in [6, 6.07) is 6.49. The van der Waals surface area contributed by atoms with Crippen molar-refractivity contribution < 1.29 is 19.7 Å². The van der Waals surface area contributed by atoms with E-state index in [2.05, 4.69) is 10.3 Å². The smallest absolute Gasteiger partial charge is 0.440 e. The van der Waals surface area contributed by atoms with Gasteiger partial charge in [0.2, 0.25) is 0 Å². The number of aliphatic hydroxyl groups is 1. The van der Waals surface area contributed by atoms with Crippen LogP contribution in [0.3, 0.4) is 0 Å². The van der Waals surface area contributed by atoms with Gasteiger partial charge < -0.3 is 35.4 Å². The predicted molar refractivity (Wildman–Crippen MR) is 78.9 cm³/mol. The molecule has 122 valence electrons. The zero-order valence-corrected chi connectivity index (χ0v) is 12.0. The first-order valence-corrected chi connectivity index (χ1v) is 6.39. The minimum absolute atomic E-state index is 0.191. The Hall–Kier alpha value is -3.21. The third-order valence-electron chi connectivity index (χ3n) is 2.92. The largest absolute Gasteiger partial charge is 0.497 e. The number of nitro groups is 2. The Kier molecular flexibility index (Phi) is 4.71. The summed E-state index contributed by atoms with van der Waals surface area (Å²) in [5, 5.41) is 33.9. The Morgan fingerprint density at radius 2 is 2.09 bits per heavy atom. The number of hydrogen-bond donors (Lipinski definition) is 2. The van der Waals surface area contributed by atoms with Crippen LogP contribution in [0.2, 0.25) is 0 Å². The third-order valence-corrected chi connectivity index (χ3v) is 2.92. The minimum atomic E-state index is -0.848. The number of imidazole rings is 1. The maximum Gasteiger partial charge on any atom is 0.440 e. The SMILES string of the molecule is COc1cccc(Nc2c([N+](=O)[O-])nc([N+](=O)[O-])n2CCO)c1. The molecule has 2 rings (SSSR count). The van der Waals surface area contributed by atoms with E-state index in [1.165, 1.54) is 7.11 Å². The maximum atomic E-state index is 11.1. The lowest BCUT2D eigenvalue weighted by molar-refractivity contribution is -0.403. The van der Waals surface area contributed by atoms with Crippen LogP contribution in [-0.4, -0.2) is 38.2 Å². The lowest BCUT2D eigenvalue weighted by atomic mass is 10.3. The average molecular weight is 323 g/mol. The molecule has 2 N–H and O–H groups in total. The Morgan fingerprint density at radius 1 is 1.35 bits per heavy atom. The predicted octanol–water partition coefficient (Wildman–Crippen LogP) is 1.44. The topological polar surface area (TPSA) is 146 Å². The van der Waals surface area contributed by atoms with Gasteiger partial charge in [-0.2, -0.15) is 0 Å². The molecule has 11 heteroatoms. The molecule has 0 atom stereocenters. The summed E-state index contributed by atoms with van der Waals surface area (Å²) in [6.45, 7) is -0.662. The maximum absolute atomic E-state index is 11.1. The molecule has 0 unspecified atom stereocenters. The van der Waals surface area contributed by atoms with Gasteiger partial charge in [0.05, 0.1) is 20.3 Å². The number of methoxy groups -OCH3 is 1. The van der Waals surface area contributed by atoms with Gasteiger partial charge in [-0.25, -0.2) is 4.57 Å². The quantitative estimate of drug-likeness (QED) is 0.575. The second kappa shape index (κ2) is 6.70. The van der Waals surface area contributed by atoms with Crippen molar-refractivity contribution in [1.29, 1.82) is 0 Å². The number of nitrogens with zero attached hydrogens (tertiary/aromatic N) is 4. The van der Waals surface area contributed by atoms with Gasteiger partial charge in [-0.15, -0.1) is 0 Å². The minimum Gasteiger partial charge on any atom is -0.497 e. The number of benzene rings is 1. The summed E-state index contributed by atoms with van der Waals surface area (Å²) in [4.78, 5) is 23.9. The Bertz CT molecular complexity index is 744. The van der Waals surface area contributed by atoms with Gasteiger partial charge in [0, 0.05) is 11.8 Å². The van der Waals surface area contributed by atoms with Crippen molar-refractivity contribution in [1.82, 2.24) is 9.55 Å². The molecular formula is C12H13N5O6. The monoisotopic (exact) mass is 323 g/mol. The molecule has 0 fully saturated rings. The van der Waals surface area contributed by atoms with Crippen molar-refractivity contribution in [3.05, 3.63) is 44.5 Å². The number of aromatic nitrogens is 2. The highest BCUT2D eigenvalue weighted by Crippen LogP contribution is 2.32. The molecule has 1 heterocycles. The Labute approximate surface area is 129 Å². The molecule has 0 aliphatic carbocycles. The van der Waals surface area contributed by atoms with Crippen molar-refractivity contribution in [2.75, 3.05) is 19.0 Å². The number of aliphatic hydroxyl groups excluding tert-OH is 1. The summed E-state index contributed by atoms with van der Waals surface area (Å²) in [5.74, 6) is -1.12.